The molecular weight excluding hydrogens is 326 g/mol. The van der Waals surface area contributed by atoms with Gasteiger partial charge in [-0.3, -0.25) is 9.59 Å². The summed E-state index contributed by atoms with van der Waals surface area (Å²) < 4.78 is 31.3. The van der Waals surface area contributed by atoms with Gasteiger partial charge in [-0.2, -0.15) is 4.31 Å². The van der Waals surface area contributed by atoms with Crippen LogP contribution >= 0.6 is 11.8 Å². The summed E-state index contributed by atoms with van der Waals surface area (Å²) in [5, 5.41) is -0.524. The summed E-state index contributed by atoms with van der Waals surface area (Å²) in [6.45, 7) is 1.78. The summed E-state index contributed by atoms with van der Waals surface area (Å²) >= 11 is 1.38. The molecule has 0 radical (unpaired) electrons. The van der Waals surface area contributed by atoms with E-state index in [0.29, 0.717) is 17.9 Å². The number of benzene rings is 1. The first-order valence-electron chi connectivity index (χ1n) is 6.67. The number of sulfonamides is 1. The molecule has 0 amide bonds. The highest BCUT2D eigenvalue weighted by atomic mass is 32.2. The minimum Gasteiger partial charge on any atom is -0.468 e. The molecule has 1 aliphatic rings. The number of Topliss-reactive ketones (excluding diaryl/α,β-unsaturated/α-hetero) is 1. The standard InChI is InChI=1S/C14H17NO5S2/c1-10(16)11-4-3-5-12(8-11)22(18,19)15-6-7-21-13(9-15)14(17)20-2/h3-5,8,13H,6-7,9H2,1-2H3/t13-/m0/s1. The fourth-order valence-electron chi connectivity index (χ4n) is 2.14. The molecular formula is C14H17NO5S2. The average Bonchev–Trinajstić information content (AvgIpc) is 2.54. The van der Waals surface area contributed by atoms with Crippen LogP contribution in [0, 0.1) is 0 Å². The van der Waals surface area contributed by atoms with Crippen LogP contribution in [0.1, 0.15) is 17.3 Å². The van der Waals surface area contributed by atoms with Crippen LogP contribution in [0.5, 0.6) is 0 Å². The van der Waals surface area contributed by atoms with Crippen LogP contribution < -0.4 is 0 Å². The summed E-state index contributed by atoms with van der Waals surface area (Å²) in [5.74, 6) is -0.105. The van der Waals surface area contributed by atoms with E-state index < -0.39 is 21.2 Å². The van der Waals surface area contributed by atoms with Gasteiger partial charge in [-0.1, -0.05) is 12.1 Å². The van der Waals surface area contributed by atoms with Crippen molar-refractivity contribution in [2.24, 2.45) is 0 Å². The summed E-state index contributed by atoms with van der Waals surface area (Å²) in [6.07, 6.45) is 0. The molecule has 1 heterocycles. The van der Waals surface area contributed by atoms with Gasteiger partial charge in [-0.15, -0.1) is 11.8 Å². The van der Waals surface area contributed by atoms with Crippen molar-refractivity contribution in [2.75, 3.05) is 26.0 Å². The number of nitrogens with zero attached hydrogens (tertiary/aromatic N) is 1. The van der Waals surface area contributed by atoms with Crippen molar-refractivity contribution in [1.29, 1.82) is 0 Å². The summed E-state index contributed by atoms with van der Waals surface area (Å²) in [7, 11) is -2.45. The maximum Gasteiger partial charge on any atom is 0.320 e. The quantitative estimate of drug-likeness (QED) is 0.603. The summed E-state index contributed by atoms with van der Waals surface area (Å²) in [5.41, 5.74) is 0.344. The molecule has 2 rings (SSSR count). The van der Waals surface area contributed by atoms with E-state index in [0.717, 1.165) is 0 Å². The maximum atomic E-state index is 12.7. The van der Waals surface area contributed by atoms with Crippen molar-refractivity contribution in [1.82, 2.24) is 4.31 Å². The van der Waals surface area contributed by atoms with E-state index in [1.165, 1.54) is 42.2 Å². The number of hydrogen-bond donors (Lipinski definition) is 0. The molecule has 0 spiro atoms. The van der Waals surface area contributed by atoms with Crippen molar-refractivity contribution < 1.29 is 22.7 Å². The van der Waals surface area contributed by atoms with E-state index in [2.05, 4.69) is 4.74 Å². The molecule has 8 heteroatoms. The Balaban J connectivity index is 2.28. The Bertz CT molecular complexity index is 686. The fraction of sp³-hybridized carbons (Fsp3) is 0.429. The number of ketones is 1. The number of rotatable bonds is 4. The molecule has 0 aliphatic carbocycles. The lowest BCUT2D eigenvalue weighted by Gasteiger charge is -2.30. The molecule has 0 N–H and O–H groups in total. The molecule has 1 aliphatic heterocycles. The number of hydrogen-bond acceptors (Lipinski definition) is 6. The third-order valence-electron chi connectivity index (χ3n) is 3.37. The smallest absolute Gasteiger partial charge is 0.320 e. The van der Waals surface area contributed by atoms with Crippen LogP contribution in [0.2, 0.25) is 0 Å². The third kappa shape index (κ3) is 3.50. The molecule has 0 bridgehead atoms. The Kier molecular flexibility index (Phi) is 5.25. The number of carbonyl (C=O) groups excluding carboxylic acids is 2. The molecule has 1 aromatic carbocycles. The van der Waals surface area contributed by atoms with Gasteiger partial charge in [-0.05, 0) is 19.1 Å². The Morgan fingerprint density at radius 2 is 2.09 bits per heavy atom. The van der Waals surface area contributed by atoms with Crippen molar-refractivity contribution in [3.63, 3.8) is 0 Å². The van der Waals surface area contributed by atoms with Gasteiger partial charge in [-0.25, -0.2) is 8.42 Å². The first-order chi connectivity index (χ1) is 10.4. The molecule has 0 aromatic heterocycles. The highest BCUT2D eigenvalue weighted by Gasteiger charge is 2.34. The molecule has 1 saturated heterocycles. The van der Waals surface area contributed by atoms with Crippen molar-refractivity contribution in [3.8, 4) is 0 Å². The SMILES string of the molecule is COC(=O)[C@@H]1CN(S(=O)(=O)c2cccc(C(C)=O)c2)CCS1. The Morgan fingerprint density at radius 3 is 2.73 bits per heavy atom. The summed E-state index contributed by atoms with van der Waals surface area (Å²) in [6, 6.07) is 5.94. The zero-order valence-electron chi connectivity index (χ0n) is 12.3. The van der Waals surface area contributed by atoms with Crippen LogP contribution in [0.25, 0.3) is 0 Å². The Hall–Kier alpha value is -1.38. The molecule has 1 atom stereocenters. The number of carbonyl (C=O) groups is 2. The molecule has 22 heavy (non-hydrogen) atoms. The zero-order valence-corrected chi connectivity index (χ0v) is 13.9. The van der Waals surface area contributed by atoms with Crippen molar-refractivity contribution in [3.05, 3.63) is 29.8 Å². The third-order valence-corrected chi connectivity index (χ3v) is 6.39. The van der Waals surface area contributed by atoms with E-state index in [1.807, 2.05) is 0 Å². The van der Waals surface area contributed by atoms with E-state index in [1.54, 1.807) is 12.1 Å². The zero-order chi connectivity index (χ0) is 16.3. The number of ether oxygens (including phenoxy) is 1. The van der Waals surface area contributed by atoms with E-state index in [9.17, 15) is 18.0 Å². The van der Waals surface area contributed by atoms with Crippen LogP contribution in [-0.4, -0.2) is 55.7 Å². The largest absolute Gasteiger partial charge is 0.468 e. The van der Waals surface area contributed by atoms with Gasteiger partial charge in [0.2, 0.25) is 10.0 Å². The second-order valence-electron chi connectivity index (χ2n) is 4.83. The van der Waals surface area contributed by atoms with Gasteiger partial charge in [0, 0.05) is 24.4 Å². The lowest BCUT2D eigenvalue weighted by molar-refractivity contribution is -0.140. The number of thioether (sulfide) groups is 1. The molecule has 1 aromatic rings. The van der Waals surface area contributed by atoms with Crippen molar-refractivity contribution in [2.45, 2.75) is 17.1 Å². The fourth-order valence-corrected chi connectivity index (χ4v) is 4.98. The van der Waals surface area contributed by atoms with Gasteiger partial charge < -0.3 is 4.74 Å². The van der Waals surface area contributed by atoms with Crippen LogP contribution in [-0.2, 0) is 19.6 Å². The second-order valence-corrected chi connectivity index (χ2v) is 8.08. The van der Waals surface area contributed by atoms with Gasteiger partial charge in [0.05, 0.1) is 12.0 Å². The number of esters is 1. The number of methoxy groups -OCH3 is 1. The highest BCUT2D eigenvalue weighted by Crippen LogP contribution is 2.25. The van der Waals surface area contributed by atoms with Crippen LogP contribution in [0.4, 0.5) is 0 Å². The first-order valence-corrected chi connectivity index (χ1v) is 9.15. The maximum absolute atomic E-state index is 12.7. The van der Waals surface area contributed by atoms with Crippen LogP contribution in [0.15, 0.2) is 29.2 Å². The minimum atomic E-state index is -3.73. The van der Waals surface area contributed by atoms with Gasteiger partial charge in [0.25, 0.3) is 0 Å². The van der Waals surface area contributed by atoms with Crippen molar-refractivity contribution >= 4 is 33.5 Å². The molecule has 0 saturated carbocycles. The average molecular weight is 343 g/mol. The highest BCUT2D eigenvalue weighted by molar-refractivity contribution is 8.00. The lowest BCUT2D eigenvalue weighted by Crippen LogP contribution is -2.44. The van der Waals surface area contributed by atoms with E-state index >= 15 is 0 Å². The van der Waals surface area contributed by atoms with Crippen LogP contribution in [0.3, 0.4) is 0 Å². The Morgan fingerprint density at radius 1 is 1.36 bits per heavy atom. The second kappa shape index (κ2) is 6.80. The van der Waals surface area contributed by atoms with Gasteiger partial charge in [0.1, 0.15) is 5.25 Å². The molecule has 120 valence electrons. The monoisotopic (exact) mass is 343 g/mol. The summed E-state index contributed by atoms with van der Waals surface area (Å²) in [4.78, 5) is 23.1. The first kappa shape index (κ1) is 17.0. The Labute approximate surface area is 133 Å². The molecule has 1 fully saturated rings. The van der Waals surface area contributed by atoms with E-state index in [4.69, 9.17) is 0 Å². The molecule has 0 unspecified atom stereocenters. The lowest BCUT2D eigenvalue weighted by atomic mass is 10.2. The predicted octanol–water partition coefficient (Wildman–Crippen LogP) is 1.17. The molecule has 6 nitrogen and oxygen atoms in total. The van der Waals surface area contributed by atoms with Gasteiger partial charge in [0.15, 0.2) is 5.78 Å². The van der Waals surface area contributed by atoms with E-state index in [-0.39, 0.29) is 17.2 Å². The topological polar surface area (TPSA) is 80.8 Å². The normalized spacial score (nSPS) is 19.6. The van der Waals surface area contributed by atoms with Gasteiger partial charge >= 0.3 is 5.97 Å². The predicted molar refractivity (Wildman–Crippen MR) is 83.5 cm³/mol. The minimum absolute atomic E-state index is 0.0655.